The number of aromatic nitrogens is 1. The quantitative estimate of drug-likeness (QED) is 0.457. The number of hydrogen-bond donors (Lipinski definition) is 0. The van der Waals surface area contributed by atoms with Crippen LogP contribution in [0.1, 0.15) is 11.1 Å². The Balaban J connectivity index is 2.26. The molecule has 0 atom stereocenters. The van der Waals surface area contributed by atoms with E-state index in [0.717, 1.165) is 32.3 Å². The van der Waals surface area contributed by atoms with Gasteiger partial charge in [-0.3, -0.25) is 0 Å². The molecule has 0 saturated heterocycles. The van der Waals surface area contributed by atoms with E-state index in [2.05, 4.69) is 16.7 Å². The Hall–Kier alpha value is -2.77. The average Bonchev–Trinajstić information content (AvgIpc) is 2.96. The van der Waals surface area contributed by atoms with Gasteiger partial charge in [0.05, 0.1) is 26.6 Å². The summed E-state index contributed by atoms with van der Waals surface area (Å²) in [7, 11) is 1.99. The topological polar surface area (TPSA) is 27.7 Å². The zero-order valence-corrected chi connectivity index (χ0v) is 14.1. The van der Waals surface area contributed by atoms with Gasteiger partial charge in [-0.05, 0) is 30.7 Å². The van der Waals surface area contributed by atoms with E-state index < -0.39 is 0 Å². The smallest absolute Gasteiger partial charge is 0.205 e. The molecule has 0 aliphatic rings. The van der Waals surface area contributed by atoms with E-state index in [9.17, 15) is 9.65 Å². The molecule has 0 aliphatic heterocycles. The molecule has 4 aromatic rings. The third-order valence-electron chi connectivity index (χ3n) is 4.35. The summed E-state index contributed by atoms with van der Waals surface area (Å²) in [5.74, 6) is -0.237. The monoisotopic (exact) mass is 333 g/mol. The van der Waals surface area contributed by atoms with Gasteiger partial charge in [-0.2, -0.15) is 5.26 Å². The first-order valence-electron chi connectivity index (χ1n) is 7.61. The molecule has 4 heteroatoms. The predicted octanol–water partition coefficient (Wildman–Crippen LogP) is 4.87. The van der Waals surface area contributed by atoms with Crippen molar-refractivity contribution in [2.45, 2.75) is 6.92 Å². The van der Waals surface area contributed by atoms with Crippen molar-refractivity contribution >= 4 is 31.5 Å². The SMILES string of the molecule is Cc1cc(C#N)c2c(sc3c(F)cccc32)c1-c1cccc[n+]1C. The van der Waals surface area contributed by atoms with Crippen LogP contribution in [0.4, 0.5) is 4.39 Å². The number of thiophene rings is 1. The molecule has 0 N–H and O–H groups in total. The largest absolute Gasteiger partial charge is 0.213 e. The van der Waals surface area contributed by atoms with Gasteiger partial charge in [0.2, 0.25) is 5.69 Å². The van der Waals surface area contributed by atoms with Crippen molar-refractivity contribution in [2.24, 2.45) is 7.05 Å². The maximum Gasteiger partial charge on any atom is 0.213 e. The predicted molar refractivity (Wildman–Crippen MR) is 95.4 cm³/mol. The molecule has 0 saturated carbocycles. The van der Waals surface area contributed by atoms with Gasteiger partial charge in [-0.15, -0.1) is 11.3 Å². The van der Waals surface area contributed by atoms with Crippen LogP contribution in [0.3, 0.4) is 0 Å². The Morgan fingerprint density at radius 2 is 1.96 bits per heavy atom. The number of halogens is 1. The molecular formula is C20H14FN2S+. The van der Waals surface area contributed by atoms with Crippen molar-refractivity contribution in [3.63, 3.8) is 0 Å². The molecular weight excluding hydrogens is 319 g/mol. The highest BCUT2D eigenvalue weighted by Crippen LogP contribution is 2.43. The molecule has 24 heavy (non-hydrogen) atoms. The number of benzene rings is 2. The third kappa shape index (κ3) is 2.02. The minimum atomic E-state index is -0.237. The first-order chi connectivity index (χ1) is 11.6. The molecule has 2 aromatic heterocycles. The van der Waals surface area contributed by atoms with Crippen LogP contribution in [0.2, 0.25) is 0 Å². The van der Waals surface area contributed by atoms with Crippen molar-refractivity contribution < 1.29 is 8.96 Å². The Kier molecular flexibility index (Phi) is 3.33. The highest BCUT2D eigenvalue weighted by atomic mass is 32.1. The van der Waals surface area contributed by atoms with Gasteiger partial charge in [0.15, 0.2) is 6.20 Å². The number of fused-ring (bicyclic) bond motifs is 3. The number of pyridine rings is 1. The number of nitrogens with zero attached hydrogens (tertiary/aromatic N) is 2. The number of nitriles is 1. The maximum absolute atomic E-state index is 14.3. The van der Waals surface area contributed by atoms with E-state index in [0.29, 0.717) is 10.3 Å². The first-order valence-corrected chi connectivity index (χ1v) is 8.43. The number of rotatable bonds is 1. The summed E-state index contributed by atoms with van der Waals surface area (Å²) < 4.78 is 17.9. The fourth-order valence-electron chi connectivity index (χ4n) is 3.26. The zero-order chi connectivity index (χ0) is 16.8. The molecule has 2 nitrogen and oxygen atoms in total. The van der Waals surface area contributed by atoms with Gasteiger partial charge in [0, 0.05) is 22.9 Å². The summed E-state index contributed by atoms with van der Waals surface area (Å²) in [4.78, 5) is 0. The molecule has 116 valence electrons. The molecule has 2 heterocycles. The molecule has 0 bridgehead atoms. The zero-order valence-electron chi connectivity index (χ0n) is 13.3. The lowest BCUT2D eigenvalue weighted by molar-refractivity contribution is -0.660. The van der Waals surface area contributed by atoms with Crippen LogP contribution in [-0.4, -0.2) is 0 Å². The average molecular weight is 333 g/mol. The van der Waals surface area contributed by atoms with Gasteiger partial charge in [0.1, 0.15) is 12.9 Å². The van der Waals surface area contributed by atoms with E-state index >= 15 is 0 Å². The highest BCUT2D eigenvalue weighted by molar-refractivity contribution is 7.26. The van der Waals surface area contributed by atoms with Crippen LogP contribution >= 0.6 is 11.3 Å². The summed E-state index contributed by atoms with van der Waals surface area (Å²) >= 11 is 1.42. The second-order valence-corrected chi connectivity index (χ2v) is 6.87. The molecule has 4 rings (SSSR count). The maximum atomic E-state index is 14.3. The molecule has 0 aliphatic carbocycles. The molecule has 0 amide bonds. The van der Waals surface area contributed by atoms with Crippen molar-refractivity contribution in [3.8, 4) is 17.3 Å². The van der Waals surface area contributed by atoms with Gasteiger partial charge in [0.25, 0.3) is 0 Å². The van der Waals surface area contributed by atoms with Crippen molar-refractivity contribution in [3.05, 3.63) is 65.6 Å². The molecule has 2 aromatic carbocycles. The summed E-state index contributed by atoms with van der Waals surface area (Å²) in [6.45, 7) is 2.00. The lowest BCUT2D eigenvalue weighted by Crippen LogP contribution is -2.30. The van der Waals surface area contributed by atoms with Gasteiger partial charge in [-0.25, -0.2) is 8.96 Å². The van der Waals surface area contributed by atoms with Crippen LogP contribution < -0.4 is 4.57 Å². The number of hydrogen-bond acceptors (Lipinski definition) is 2. The van der Waals surface area contributed by atoms with Gasteiger partial charge >= 0.3 is 0 Å². The molecule has 0 fully saturated rings. The lowest BCUT2D eigenvalue weighted by Gasteiger charge is -2.07. The second kappa shape index (κ2) is 5.40. The Morgan fingerprint density at radius 3 is 2.71 bits per heavy atom. The van der Waals surface area contributed by atoms with Crippen LogP contribution in [-0.2, 0) is 7.05 Å². The first kappa shape index (κ1) is 14.8. The van der Waals surface area contributed by atoms with Crippen molar-refractivity contribution in [1.29, 1.82) is 5.26 Å². The molecule has 0 spiro atoms. The third-order valence-corrected chi connectivity index (χ3v) is 5.58. The fraction of sp³-hybridized carbons (Fsp3) is 0.100. The standard InChI is InChI=1S/C20H14FN2S/c1-12-10-13(11-22)18-14-6-5-7-15(21)19(14)24-20(18)17(12)16-8-3-4-9-23(16)2/h3-10H,1-2H3/q+1. The van der Waals surface area contributed by atoms with Crippen molar-refractivity contribution in [1.82, 2.24) is 0 Å². The van der Waals surface area contributed by atoms with Gasteiger partial charge < -0.3 is 0 Å². The van der Waals surface area contributed by atoms with E-state index in [1.54, 1.807) is 6.07 Å². The summed E-state index contributed by atoms with van der Waals surface area (Å²) in [5, 5.41) is 11.2. The number of aryl methyl sites for hydroxylation is 2. The van der Waals surface area contributed by atoms with E-state index in [1.807, 2.05) is 44.4 Å². The van der Waals surface area contributed by atoms with Crippen LogP contribution in [0, 0.1) is 24.1 Å². The Labute approximate surface area is 143 Å². The minimum absolute atomic E-state index is 0.237. The van der Waals surface area contributed by atoms with Crippen LogP contribution in [0.25, 0.3) is 31.4 Å². The minimum Gasteiger partial charge on any atom is -0.205 e. The molecule has 0 unspecified atom stereocenters. The van der Waals surface area contributed by atoms with E-state index in [1.165, 1.54) is 17.4 Å². The highest BCUT2D eigenvalue weighted by Gasteiger charge is 2.22. The van der Waals surface area contributed by atoms with Crippen LogP contribution in [0.15, 0.2) is 48.7 Å². The second-order valence-electron chi connectivity index (χ2n) is 5.85. The summed E-state index contributed by atoms with van der Waals surface area (Å²) in [6, 6.07) is 15.3. The van der Waals surface area contributed by atoms with E-state index in [-0.39, 0.29) is 5.82 Å². The van der Waals surface area contributed by atoms with Crippen molar-refractivity contribution in [2.75, 3.05) is 0 Å². The molecule has 0 radical (unpaired) electrons. The lowest BCUT2D eigenvalue weighted by atomic mass is 9.97. The summed E-state index contributed by atoms with van der Waals surface area (Å²) in [5.41, 5.74) is 3.73. The van der Waals surface area contributed by atoms with E-state index in [4.69, 9.17) is 0 Å². The van der Waals surface area contributed by atoms with Crippen LogP contribution in [0.5, 0.6) is 0 Å². The Morgan fingerprint density at radius 1 is 1.12 bits per heavy atom. The summed E-state index contributed by atoms with van der Waals surface area (Å²) in [6.07, 6.45) is 1.99. The van der Waals surface area contributed by atoms with Gasteiger partial charge in [-0.1, -0.05) is 12.1 Å². The Bertz CT molecular complexity index is 1150. The fourth-order valence-corrected chi connectivity index (χ4v) is 4.60. The normalized spacial score (nSPS) is 11.1.